The summed E-state index contributed by atoms with van der Waals surface area (Å²) in [7, 11) is 1.67. The summed E-state index contributed by atoms with van der Waals surface area (Å²) in [5.41, 5.74) is 0.289. The van der Waals surface area contributed by atoms with Gasteiger partial charge >= 0.3 is 0 Å². The molecule has 18 heavy (non-hydrogen) atoms. The first-order valence-electron chi connectivity index (χ1n) is 7.19. The van der Waals surface area contributed by atoms with Crippen LogP contribution in [0.1, 0.15) is 46.0 Å². The maximum absolute atomic E-state index is 11.1. The van der Waals surface area contributed by atoms with Gasteiger partial charge in [0, 0.05) is 13.0 Å². The van der Waals surface area contributed by atoms with E-state index < -0.39 is 0 Å². The van der Waals surface area contributed by atoms with E-state index in [2.05, 4.69) is 13.8 Å². The Morgan fingerprint density at radius 1 is 1.39 bits per heavy atom. The Balaban J connectivity index is 2.10. The second-order valence-electron chi connectivity index (χ2n) is 6.30. The zero-order chi connectivity index (χ0) is 13.2. The number of hydrogen-bond acceptors (Lipinski definition) is 3. The lowest BCUT2D eigenvalue weighted by atomic mass is 9.62. The highest BCUT2D eigenvalue weighted by Crippen LogP contribution is 2.57. The van der Waals surface area contributed by atoms with Crippen LogP contribution in [0.2, 0.25) is 0 Å². The summed E-state index contributed by atoms with van der Waals surface area (Å²) in [5.74, 6) is 1.32. The molecule has 0 heterocycles. The van der Waals surface area contributed by atoms with Crippen molar-refractivity contribution in [1.82, 2.24) is 0 Å². The minimum absolute atomic E-state index is 0.182. The number of fused-ring (bicyclic) bond motifs is 1. The van der Waals surface area contributed by atoms with Crippen molar-refractivity contribution in [3.8, 4) is 0 Å². The summed E-state index contributed by atoms with van der Waals surface area (Å²) >= 11 is 0. The number of carbonyl (C=O) groups is 1. The van der Waals surface area contributed by atoms with E-state index in [1.165, 1.54) is 25.7 Å². The van der Waals surface area contributed by atoms with Crippen molar-refractivity contribution in [2.24, 2.45) is 23.2 Å². The molecule has 0 aromatic carbocycles. The number of methoxy groups -OCH3 is 1. The number of aldehydes is 1. The van der Waals surface area contributed by atoms with E-state index in [1.54, 1.807) is 7.11 Å². The third kappa shape index (κ3) is 2.35. The molecule has 2 fully saturated rings. The molecule has 0 aliphatic heterocycles. The minimum Gasteiger partial charge on any atom is -0.359 e. The highest BCUT2D eigenvalue weighted by atomic mass is 16.7. The third-order valence-electron chi connectivity index (χ3n) is 5.38. The van der Waals surface area contributed by atoms with Crippen LogP contribution in [0.25, 0.3) is 0 Å². The zero-order valence-electron chi connectivity index (χ0n) is 11.9. The van der Waals surface area contributed by atoms with Crippen molar-refractivity contribution in [3.05, 3.63) is 0 Å². The quantitative estimate of drug-likeness (QED) is 0.559. The molecule has 0 N–H and O–H groups in total. The first-order valence-corrected chi connectivity index (χ1v) is 7.19. The van der Waals surface area contributed by atoms with E-state index in [0.717, 1.165) is 12.7 Å². The van der Waals surface area contributed by atoms with Crippen molar-refractivity contribution in [2.45, 2.75) is 52.1 Å². The number of carbonyl (C=O) groups excluding carboxylic acids is 1. The van der Waals surface area contributed by atoms with Gasteiger partial charge in [0.1, 0.15) is 13.1 Å². The Morgan fingerprint density at radius 2 is 2.17 bits per heavy atom. The number of ether oxygens (including phenoxy) is 2. The fourth-order valence-electron chi connectivity index (χ4n) is 4.47. The Bertz CT molecular complexity index is 291. The summed E-state index contributed by atoms with van der Waals surface area (Å²) in [5, 5.41) is 0. The molecular weight excluding hydrogens is 228 g/mol. The summed E-state index contributed by atoms with van der Waals surface area (Å²) in [4.78, 5) is 11.1. The normalized spacial score (nSPS) is 41.4. The third-order valence-corrected chi connectivity index (χ3v) is 5.38. The highest BCUT2D eigenvalue weighted by molar-refractivity contribution is 5.53. The van der Waals surface area contributed by atoms with Crippen molar-refractivity contribution < 1.29 is 14.3 Å². The number of hydrogen-bond donors (Lipinski definition) is 0. The summed E-state index contributed by atoms with van der Waals surface area (Å²) in [6.45, 7) is 4.84. The summed E-state index contributed by atoms with van der Waals surface area (Å²) < 4.78 is 10.9. The molecule has 3 heteroatoms. The van der Waals surface area contributed by atoms with Gasteiger partial charge < -0.3 is 14.3 Å². The Kier molecular flexibility index (Phi) is 4.44. The predicted octanol–water partition coefficient (Wildman–Crippen LogP) is 3.03. The Labute approximate surface area is 110 Å². The molecule has 2 aliphatic rings. The Hall–Kier alpha value is -0.410. The molecule has 0 radical (unpaired) electrons. The Morgan fingerprint density at radius 3 is 2.83 bits per heavy atom. The molecule has 0 saturated heterocycles. The smallest absolute Gasteiger partial charge is 0.146 e. The monoisotopic (exact) mass is 254 g/mol. The van der Waals surface area contributed by atoms with Crippen molar-refractivity contribution >= 4 is 6.29 Å². The fraction of sp³-hybridized carbons (Fsp3) is 0.933. The van der Waals surface area contributed by atoms with Crippen molar-refractivity contribution in [2.75, 3.05) is 13.9 Å². The second-order valence-corrected chi connectivity index (χ2v) is 6.30. The van der Waals surface area contributed by atoms with Gasteiger partial charge in [-0.2, -0.15) is 0 Å². The highest BCUT2D eigenvalue weighted by Gasteiger charge is 2.52. The molecule has 104 valence electrons. The topological polar surface area (TPSA) is 35.5 Å². The first-order chi connectivity index (χ1) is 8.63. The molecule has 0 aromatic rings. The standard InChI is InChI=1S/C15H26O3/c1-11(9-16)12-6-7-13-14(18-10-17-3)5-4-8-15(12,13)2/h9,11-14H,4-8,10H2,1-3H3/t11?,12-,13-,14-,15+/m1/s1. The SMILES string of the molecule is COCO[C@@H]1CCC[C@@]2(C)[C@@H](C(C)C=O)CC[C@H]12. The molecule has 0 amide bonds. The first kappa shape index (κ1) is 14.0. The van der Waals surface area contributed by atoms with E-state index in [1.807, 2.05) is 0 Å². The molecule has 0 bridgehead atoms. The summed E-state index contributed by atoms with van der Waals surface area (Å²) in [6, 6.07) is 0. The van der Waals surface area contributed by atoms with Gasteiger partial charge in [0.2, 0.25) is 0 Å². The lowest BCUT2D eigenvalue weighted by molar-refractivity contribution is -0.132. The average molecular weight is 254 g/mol. The molecule has 2 saturated carbocycles. The van der Waals surface area contributed by atoms with Gasteiger partial charge in [-0.1, -0.05) is 20.3 Å². The van der Waals surface area contributed by atoms with E-state index >= 15 is 0 Å². The van der Waals surface area contributed by atoms with Gasteiger partial charge in [0.25, 0.3) is 0 Å². The van der Waals surface area contributed by atoms with Crippen LogP contribution in [0, 0.1) is 23.2 Å². The van der Waals surface area contributed by atoms with Crippen molar-refractivity contribution in [1.29, 1.82) is 0 Å². The van der Waals surface area contributed by atoms with E-state index in [0.29, 0.717) is 24.7 Å². The summed E-state index contributed by atoms with van der Waals surface area (Å²) in [6.07, 6.45) is 7.44. The largest absolute Gasteiger partial charge is 0.359 e. The molecule has 2 aliphatic carbocycles. The van der Waals surface area contributed by atoms with Crippen LogP contribution in [0.5, 0.6) is 0 Å². The molecule has 2 rings (SSSR count). The maximum Gasteiger partial charge on any atom is 0.146 e. The maximum atomic E-state index is 11.1. The van der Waals surface area contributed by atoms with Crippen LogP contribution in [0.4, 0.5) is 0 Å². The molecule has 0 spiro atoms. The fourth-order valence-corrected chi connectivity index (χ4v) is 4.47. The lowest BCUT2D eigenvalue weighted by Crippen LogP contribution is -2.43. The van der Waals surface area contributed by atoms with Crippen LogP contribution in [0.15, 0.2) is 0 Å². The van der Waals surface area contributed by atoms with Gasteiger partial charge in [0.05, 0.1) is 6.10 Å². The van der Waals surface area contributed by atoms with Gasteiger partial charge in [-0.05, 0) is 42.9 Å². The van der Waals surface area contributed by atoms with Gasteiger partial charge in [-0.25, -0.2) is 0 Å². The van der Waals surface area contributed by atoms with E-state index in [4.69, 9.17) is 9.47 Å². The molecule has 5 atom stereocenters. The van der Waals surface area contributed by atoms with Gasteiger partial charge in [-0.3, -0.25) is 0 Å². The second kappa shape index (κ2) is 5.70. The minimum atomic E-state index is 0.182. The van der Waals surface area contributed by atoms with E-state index in [-0.39, 0.29) is 11.3 Å². The zero-order valence-corrected chi connectivity index (χ0v) is 11.9. The van der Waals surface area contributed by atoms with Crippen molar-refractivity contribution in [3.63, 3.8) is 0 Å². The van der Waals surface area contributed by atoms with Gasteiger partial charge in [-0.15, -0.1) is 0 Å². The van der Waals surface area contributed by atoms with Crippen LogP contribution >= 0.6 is 0 Å². The molecule has 3 nitrogen and oxygen atoms in total. The predicted molar refractivity (Wildman–Crippen MR) is 70.1 cm³/mol. The molecule has 1 unspecified atom stereocenters. The molecular formula is C15H26O3. The van der Waals surface area contributed by atoms with Crippen LogP contribution in [-0.2, 0) is 14.3 Å². The lowest BCUT2D eigenvalue weighted by Gasteiger charge is -2.45. The van der Waals surface area contributed by atoms with E-state index in [9.17, 15) is 4.79 Å². The van der Waals surface area contributed by atoms with Crippen LogP contribution in [0.3, 0.4) is 0 Å². The van der Waals surface area contributed by atoms with Crippen LogP contribution in [-0.4, -0.2) is 26.3 Å². The van der Waals surface area contributed by atoms with Gasteiger partial charge in [0.15, 0.2) is 0 Å². The molecule has 0 aromatic heterocycles. The average Bonchev–Trinajstić information content (AvgIpc) is 2.73. The number of rotatable bonds is 5. The van der Waals surface area contributed by atoms with Crippen LogP contribution < -0.4 is 0 Å².